The highest BCUT2D eigenvalue weighted by Gasteiger charge is 2.17. The van der Waals surface area contributed by atoms with Crippen molar-refractivity contribution >= 4 is 28.7 Å². The summed E-state index contributed by atoms with van der Waals surface area (Å²) in [6, 6.07) is -0.220. The number of amides is 2. The van der Waals surface area contributed by atoms with Gasteiger partial charge in [-0.15, -0.1) is 0 Å². The van der Waals surface area contributed by atoms with E-state index in [0.29, 0.717) is 17.7 Å². The van der Waals surface area contributed by atoms with E-state index in [1.807, 2.05) is 6.92 Å². The average molecular weight is 286 g/mol. The third-order valence-corrected chi connectivity index (χ3v) is 3.44. The Labute approximate surface area is 118 Å². The molecule has 2 N–H and O–H groups in total. The van der Waals surface area contributed by atoms with Crippen molar-refractivity contribution in [3.63, 3.8) is 0 Å². The summed E-state index contributed by atoms with van der Waals surface area (Å²) >= 11 is 1.13. The maximum Gasteiger partial charge on any atom is 0.217 e. The van der Waals surface area contributed by atoms with Gasteiger partial charge in [-0.3, -0.25) is 14.4 Å². The van der Waals surface area contributed by atoms with Crippen LogP contribution in [0.25, 0.3) is 0 Å². The van der Waals surface area contributed by atoms with Crippen molar-refractivity contribution in [3.05, 3.63) is 12.2 Å². The van der Waals surface area contributed by atoms with E-state index in [9.17, 15) is 14.4 Å². The van der Waals surface area contributed by atoms with Crippen molar-refractivity contribution in [3.8, 4) is 0 Å². The van der Waals surface area contributed by atoms with Crippen LogP contribution >= 0.6 is 11.8 Å². The lowest BCUT2D eigenvalue weighted by atomic mass is 10.1. The molecular weight excluding hydrogens is 264 g/mol. The van der Waals surface area contributed by atoms with E-state index < -0.39 is 0 Å². The van der Waals surface area contributed by atoms with Gasteiger partial charge in [-0.25, -0.2) is 0 Å². The first-order chi connectivity index (χ1) is 8.72. The van der Waals surface area contributed by atoms with Crippen LogP contribution in [0.5, 0.6) is 0 Å². The van der Waals surface area contributed by atoms with Crippen molar-refractivity contribution in [2.24, 2.45) is 0 Å². The van der Waals surface area contributed by atoms with Crippen molar-refractivity contribution in [2.45, 2.75) is 46.2 Å². The second-order valence-electron chi connectivity index (χ2n) is 4.61. The van der Waals surface area contributed by atoms with E-state index in [4.69, 9.17) is 0 Å². The number of rotatable bonds is 7. The van der Waals surface area contributed by atoms with Crippen LogP contribution in [0.4, 0.5) is 0 Å². The summed E-state index contributed by atoms with van der Waals surface area (Å²) in [5.41, 5.74) is 0.487. The molecule has 2 atom stereocenters. The first kappa shape index (κ1) is 17.7. The summed E-state index contributed by atoms with van der Waals surface area (Å²) in [7, 11) is 0. The van der Waals surface area contributed by atoms with Gasteiger partial charge < -0.3 is 10.6 Å². The van der Waals surface area contributed by atoms with Crippen LogP contribution in [0.2, 0.25) is 0 Å². The maximum absolute atomic E-state index is 11.5. The molecule has 0 aliphatic heterocycles. The van der Waals surface area contributed by atoms with Gasteiger partial charge in [-0.05, 0) is 25.8 Å². The standard InChI is InChI=1S/C13H22N2O3S/c1-8(2)13(18)19-7-12(15-11(5)17)6-9(3)14-10(4)16/h9,12H,1,6-7H2,2-5H3,(H,14,16)(H,15,17). The molecule has 0 radical (unpaired) electrons. The molecule has 108 valence electrons. The Kier molecular flexibility index (Phi) is 8.14. The molecule has 0 heterocycles. The molecule has 0 spiro atoms. The fourth-order valence-corrected chi connectivity index (χ4v) is 2.41. The van der Waals surface area contributed by atoms with Gasteiger partial charge in [0, 0.05) is 31.7 Å². The number of carbonyl (C=O) groups excluding carboxylic acids is 3. The minimum absolute atomic E-state index is 0.0603. The lowest BCUT2D eigenvalue weighted by molar-refractivity contribution is -0.119. The minimum atomic E-state index is -0.160. The minimum Gasteiger partial charge on any atom is -0.354 e. The van der Waals surface area contributed by atoms with Gasteiger partial charge in [-0.2, -0.15) is 0 Å². The third kappa shape index (κ3) is 9.30. The fraction of sp³-hybridized carbons (Fsp3) is 0.615. The summed E-state index contributed by atoms with van der Waals surface area (Å²) < 4.78 is 0. The van der Waals surface area contributed by atoms with Crippen LogP contribution in [0, 0.1) is 0 Å². The van der Waals surface area contributed by atoms with Crippen LogP contribution < -0.4 is 10.6 Å². The van der Waals surface area contributed by atoms with E-state index in [0.717, 1.165) is 11.8 Å². The van der Waals surface area contributed by atoms with Gasteiger partial charge in [0.2, 0.25) is 16.9 Å². The average Bonchev–Trinajstić information content (AvgIpc) is 2.22. The maximum atomic E-state index is 11.5. The van der Waals surface area contributed by atoms with E-state index in [1.165, 1.54) is 13.8 Å². The molecule has 6 heteroatoms. The second kappa shape index (κ2) is 8.74. The van der Waals surface area contributed by atoms with E-state index >= 15 is 0 Å². The van der Waals surface area contributed by atoms with E-state index in [1.54, 1.807) is 6.92 Å². The van der Waals surface area contributed by atoms with Crippen LogP contribution in [-0.2, 0) is 14.4 Å². The van der Waals surface area contributed by atoms with Crippen LogP contribution in [0.3, 0.4) is 0 Å². The summed E-state index contributed by atoms with van der Waals surface area (Å²) in [6.45, 7) is 9.98. The van der Waals surface area contributed by atoms with Gasteiger partial charge in [0.1, 0.15) is 0 Å². The molecule has 0 aliphatic carbocycles. The van der Waals surface area contributed by atoms with Crippen molar-refractivity contribution in [1.82, 2.24) is 10.6 Å². The molecule has 0 aromatic heterocycles. The van der Waals surface area contributed by atoms with E-state index in [-0.39, 0.29) is 29.0 Å². The zero-order chi connectivity index (χ0) is 15.0. The predicted molar refractivity (Wildman–Crippen MR) is 77.8 cm³/mol. The Morgan fingerprint density at radius 1 is 1.11 bits per heavy atom. The van der Waals surface area contributed by atoms with Gasteiger partial charge in [0.25, 0.3) is 0 Å². The number of thioether (sulfide) groups is 1. The Bertz CT molecular complexity index is 369. The van der Waals surface area contributed by atoms with Crippen molar-refractivity contribution < 1.29 is 14.4 Å². The van der Waals surface area contributed by atoms with Gasteiger partial charge in [0.05, 0.1) is 0 Å². The molecule has 5 nitrogen and oxygen atoms in total. The molecule has 0 saturated carbocycles. The van der Waals surface area contributed by atoms with Crippen LogP contribution in [0.1, 0.15) is 34.1 Å². The highest BCUT2D eigenvalue weighted by molar-refractivity contribution is 8.14. The number of hydrogen-bond acceptors (Lipinski definition) is 4. The monoisotopic (exact) mass is 286 g/mol. The van der Waals surface area contributed by atoms with E-state index in [2.05, 4.69) is 17.2 Å². The Balaban J connectivity index is 4.37. The highest BCUT2D eigenvalue weighted by Crippen LogP contribution is 2.13. The topological polar surface area (TPSA) is 75.3 Å². The third-order valence-electron chi connectivity index (χ3n) is 2.26. The zero-order valence-electron chi connectivity index (χ0n) is 11.9. The van der Waals surface area contributed by atoms with Gasteiger partial charge in [-0.1, -0.05) is 18.3 Å². The molecule has 0 aliphatic rings. The number of carbonyl (C=O) groups is 3. The molecular formula is C13H22N2O3S. The molecule has 0 saturated heterocycles. The smallest absolute Gasteiger partial charge is 0.217 e. The first-order valence-electron chi connectivity index (χ1n) is 6.09. The number of nitrogens with one attached hydrogen (secondary N) is 2. The molecule has 19 heavy (non-hydrogen) atoms. The molecule has 0 bridgehead atoms. The highest BCUT2D eigenvalue weighted by atomic mass is 32.2. The second-order valence-corrected chi connectivity index (χ2v) is 5.61. The summed E-state index contributed by atoms with van der Waals surface area (Å²) in [6.07, 6.45) is 0.579. The molecule has 2 unspecified atom stereocenters. The Hall–Kier alpha value is -1.30. The first-order valence-corrected chi connectivity index (χ1v) is 7.07. The van der Waals surface area contributed by atoms with Gasteiger partial charge >= 0.3 is 0 Å². The number of hydrogen-bond donors (Lipinski definition) is 2. The largest absolute Gasteiger partial charge is 0.354 e. The summed E-state index contributed by atoms with van der Waals surface area (Å²) in [5, 5.41) is 5.46. The molecule has 0 aromatic carbocycles. The van der Waals surface area contributed by atoms with Gasteiger partial charge in [0.15, 0.2) is 0 Å². The van der Waals surface area contributed by atoms with Crippen molar-refractivity contribution in [1.29, 1.82) is 0 Å². The summed E-state index contributed by atoms with van der Waals surface area (Å²) in [5.74, 6) is 0.206. The zero-order valence-corrected chi connectivity index (χ0v) is 12.7. The SMILES string of the molecule is C=C(C)C(=O)SCC(CC(C)NC(C)=O)NC(C)=O. The lowest BCUT2D eigenvalue weighted by Gasteiger charge is -2.21. The molecule has 0 fully saturated rings. The quantitative estimate of drug-likeness (QED) is 0.691. The lowest BCUT2D eigenvalue weighted by Crippen LogP contribution is -2.42. The predicted octanol–water partition coefficient (Wildman–Crippen LogP) is 1.24. The van der Waals surface area contributed by atoms with Crippen molar-refractivity contribution in [2.75, 3.05) is 5.75 Å². The van der Waals surface area contributed by atoms with Crippen LogP contribution in [0.15, 0.2) is 12.2 Å². The normalized spacial score (nSPS) is 13.3. The fourth-order valence-electron chi connectivity index (χ4n) is 1.59. The molecule has 2 amide bonds. The Morgan fingerprint density at radius 2 is 1.63 bits per heavy atom. The molecule has 0 aromatic rings. The summed E-state index contributed by atoms with van der Waals surface area (Å²) in [4.78, 5) is 33.5. The Morgan fingerprint density at radius 3 is 2.05 bits per heavy atom. The molecule has 0 rings (SSSR count). The van der Waals surface area contributed by atoms with Crippen LogP contribution in [-0.4, -0.2) is 34.8 Å².